The van der Waals surface area contributed by atoms with Crippen LogP contribution in [0.2, 0.25) is 0 Å². The van der Waals surface area contributed by atoms with Crippen molar-refractivity contribution in [1.82, 2.24) is 10.6 Å². The van der Waals surface area contributed by atoms with Gasteiger partial charge in [0, 0.05) is 6.42 Å². The van der Waals surface area contributed by atoms with Crippen molar-refractivity contribution in [2.75, 3.05) is 0 Å². The lowest BCUT2D eigenvalue weighted by Crippen LogP contribution is -2.54. The molecule has 0 saturated heterocycles. The number of aliphatic carboxylic acids is 2. The van der Waals surface area contributed by atoms with Crippen molar-refractivity contribution in [3.05, 3.63) is 96.1 Å². The molecule has 0 heterocycles. The number of benzene rings is 3. The Morgan fingerprint density at radius 2 is 1.16 bits per heavy atom. The van der Waals surface area contributed by atoms with E-state index < -0.39 is 47.5 Å². The van der Waals surface area contributed by atoms with Gasteiger partial charge < -0.3 is 20.8 Å². The smallest absolute Gasteiger partial charge is 0.326 e. The number of thiol groups is 1. The molecule has 0 radical (unpaired) electrons. The molecular weight excluding hydrogens is 492 g/mol. The summed E-state index contributed by atoms with van der Waals surface area (Å²) < 4.78 is 0. The number of carboxylic acids is 2. The third kappa shape index (κ3) is 8.50. The molecule has 192 valence electrons. The molecule has 3 aromatic rings. The van der Waals surface area contributed by atoms with Gasteiger partial charge in [0.15, 0.2) is 0 Å². The van der Waals surface area contributed by atoms with Crippen molar-refractivity contribution >= 4 is 36.4 Å². The van der Waals surface area contributed by atoms with E-state index in [9.17, 15) is 29.4 Å². The topological polar surface area (TPSA) is 133 Å². The number of hydrogen-bond acceptors (Lipinski definition) is 5. The van der Waals surface area contributed by atoms with Crippen LogP contribution in [0.1, 0.15) is 17.5 Å². The zero-order valence-corrected chi connectivity index (χ0v) is 20.8. The minimum absolute atomic E-state index is 0.0208. The molecule has 0 aliphatic heterocycles. The van der Waals surface area contributed by atoms with Crippen molar-refractivity contribution in [3.8, 4) is 11.1 Å². The van der Waals surface area contributed by atoms with Crippen LogP contribution in [0.15, 0.2) is 84.9 Å². The first-order chi connectivity index (χ1) is 17.7. The van der Waals surface area contributed by atoms with E-state index in [1.165, 1.54) is 0 Å². The second-order valence-electron chi connectivity index (χ2n) is 8.53. The second-order valence-corrected chi connectivity index (χ2v) is 9.15. The molecule has 0 aliphatic carbocycles. The summed E-state index contributed by atoms with van der Waals surface area (Å²) in [7, 11) is 0. The van der Waals surface area contributed by atoms with Gasteiger partial charge in [0.05, 0.1) is 11.7 Å². The SMILES string of the molecule is O=C(O)CC(NC(=O)C(S)Cc1ccccc1)C(=O)NC(Cc1ccc(-c2ccccc2)cc1)C(=O)O. The van der Waals surface area contributed by atoms with Crippen LogP contribution in [0.4, 0.5) is 0 Å². The highest BCUT2D eigenvalue weighted by Gasteiger charge is 2.30. The van der Waals surface area contributed by atoms with Gasteiger partial charge in [-0.05, 0) is 28.7 Å². The normalized spacial score (nSPS) is 13.1. The summed E-state index contributed by atoms with van der Waals surface area (Å²) in [5.74, 6) is -4.12. The van der Waals surface area contributed by atoms with Gasteiger partial charge in [0.1, 0.15) is 12.1 Å². The summed E-state index contributed by atoms with van der Waals surface area (Å²) >= 11 is 4.29. The first kappa shape index (κ1) is 27.5. The summed E-state index contributed by atoms with van der Waals surface area (Å²) in [6.45, 7) is 0. The Morgan fingerprint density at radius 3 is 1.73 bits per heavy atom. The average molecular weight is 521 g/mol. The van der Waals surface area contributed by atoms with Crippen molar-refractivity contribution in [2.24, 2.45) is 0 Å². The number of carbonyl (C=O) groups excluding carboxylic acids is 2. The lowest BCUT2D eigenvalue weighted by atomic mass is 10.0. The van der Waals surface area contributed by atoms with Crippen LogP contribution in [0, 0.1) is 0 Å². The number of hydrogen-bond donors (Lipinski definition) is 5. The first-order valence-corrected chi connectivity index (χ1v) is 12.2. The van der Waals surface area contributed by atoms with E-state index >= 15 is 0 Å². The Balaban J connectivity index is 1.65. The van der Waals surface area contributed by atoms with Gasteiger partial charge in [0.25, 0.3) is 0 Å². The molecule has 0 saturated carbocycles. The van der Waals surface area contributed by atoms with Crippen LogP contribution in [-0.4, -0.2) is 51.3 Å². The van der Waals surface area contributed by atoms with E-state index in [-0.39, 0.29) is 12.8 Å². The molecule has 2 amide bonds. The summed E-state index contributed by atoms with van der Waals surface area (Å²) in [4.78, 5) is 48.7. The predicted octanol–water partition coefficient (Wildman–Crippen LogP) is 2.97. The van der Waals surface area contributed by atoms with Gasteiger partial charge >= 0.3 is 11.9 Å². The maximum Gasteiger partial charge on any atom is 0.326 e. The highest BCUT2D eigenvalue weighted by Crippen LogP contribution is 2.20. The molecule has 3 atom stereocenters. The molecule has 0 bridgehead atoms. The number of carboxylic acid groups (broad SMARTS) is 2. The summed E-state index contributed by atoms with van der Waals surface area (Å²) in [6, 6.07) is 23.3. The minimum atomic E-state index is -1.46. The molecule has 4 N–H and O–H groups in total. The molecular formula is C28H28N2O6S. The lowest BCUT2D eigenvalue weighted by Gasteiger charge is -2.22. The molecule has 37 heavy (non-hydrogen) atoms. The fraction of sp³-hybridized carbons (Fsp3) is 0.214. The summed E-state index contributed by atoms with van der Waals surface area (Å²) in [5.41, 5.74) is 3.49. The van der Waals surface area contributed by atoms with Gasteiger partial charge in [-0.1, -0.05) is 84.9 Å². The molecule has 9 heteroatoms. The first-order valence-electron chi connectivity index (χ1n) is 11.6. The zero-order valence-electron chi connectivity index (χ0n) is 19.9. The minimum Gasteiger partial charge on any atom is -0.481 e. The van der Waals surface area contributed by atoms with E-state index in [0.717, 1.165) is 16.7 Å². The quantitative estimate of drug-likeness (QED) is 0.233. The third-order valence-corrected chi connectivity index (χ3v) is 6.12. The van der Waals surface area contributed by atoms with Crippen LogP contribution in [0.5, 0.6) is 0 Å². The van der Waals surface area contributed by atoms with E-state index in [0.29, 0.717) is 5.56 Å². The number of nitrogens with one attached hydrogen (secondary N) is 2. The highest BCUT2D eigenvalue weighted by molar-refractivity contribution is 7.81. The van der Waals surface area contributed by atoms with E-state index in [2.05, 4.69) is 23.3 Å². The second kappa shape index (κ2) is 13.3. The standard InChI is InChI=1S/C28H28N2O6S/c31-25(32)17-22(29-27(34)24(37)16-18-7-3-1-4-8-18)26(33)30-23(28(35)36)15-19-11-13-21(14-12-19)20-9-5-2-6-10-20/h1-14,22-24,37H,15-17H2,(H,29,34)(H,30,33)(H,31,32)(H,35,36). The molecule has 3 unspecified atom stereocenters. The number of rotatable bonds is 12. The van der Waals surface area contributed by atoms with Crippen LogP contribution >= 0.6 is 12.6 Å². The Morgan fingerprint density at radius 1 is 0.649 bits per heavy atom. The number of carbonyl (C=O) groups is 4. The molecule has 3 rings (SSSR count). The number of amides is 2. The van der Waals surface area contributed by atoms with Crippen molar-refractivity contribution in [1.29, 1.82) is 0 Å². The summed E-state index contributed by atoms with van der Waals surface area (Å²) in [5, 5.41) is 22.9. The van der Waals surface area contributed by atoms with Gasteiger partial charge in [-0.25, -0.2) is 4.79 Å². The summed E-state index contributed by atoms with van der Waals surface area (Å²) in [6.07, 6.45) is -0.456. The van der Waals surface area contributed by atoms with Gasteiger partial charge in [0.2, 0.25) is 11.8 Å². The molecule has 8 nitrogen and oxygen atoms in total. The molecule has 0 aliphatic rings. The molecule has 0 aromatic heterocycles. The highest BCUT2D eigenvalue weighted by atomic mass is 32.1. The monoisotopic (exact) mass is 520 g/mol. The predicted molar refractivity (Wildman–Crippen MR) is 142 cm³/mol. The van der Waals surface area contributed by atoms with Crippen LogP contribution in [0.3, 0.4) is 0 Å². The maximum atomic E-state index is 12.9. The fourth-order valence-corrected chi connectivity index (χ4v) is 4.04. The van der Waals surface area contributed by atoms with Crippen molar-refractivity contribution in [2.45, 2.75) is 36.6 Å². The van der Waals surface area contributed by atoms with Crippen LogP contribution < -0.4 is 10.6 Å². The van der Waals surface area contributed by atoms with Gasteiger partial charge in [-0.3, -0.25) is 14.4 Å². The van der Waals surface area contributed by atoms with E-state index in [1.54, 1.807) is 12.1 Å². The Kier molecular flexibility index (Phi) is 9.85. The van der Waals surface area contributed by atoms with Crippen LogP contribution in [0.25, 0.3) is 11.1 Å². The third-order valence-electron chi connectivity index (χ3n) is 5.70. The Hall–Kier alpha value is -4.11. The van der Waals surface area contributed by atoms with Gasteiger partial charge in [-0.2, -0.15) is 12.6 Å². The van der Waals surface area contributed by atoms with Crippen molar-refractivity contribution < 1.29 is 29.4 Å². The fourth-order valence-electron chi connectivity index (χ4n) is 3.75. The molecule has 3 aromatic carbocycles. The Bertz CT molecular complexity index is 1220. The maximum absolute atomic E-state index is 12.9. The van der Waals surface area contributed by atoms with Gasteiger partial charge in [-0.15, -0.1) is 0 Å². The zero-order chi connectivity index (χ0) is 26.8. The molecule has 0 fully saturated rings. The van der Waals surface area contributed by atoms with Crippen molar-refractivity contribution in [3.63, 3.8) is 0 Å². The largest absolute Gasteiger partial charge is 0.481 e. The van der Waals surface area contributed by atoms with E-state index in [4.69, 9.17) is 0 Å². The molecule has 0 spiro atoms. The van der Waals surface area contributed by atoms with Crippen LogP contribution in [-0.2, 0) is 32.0 Å². The lowest BCUT2D eigenvalue weighted by molar-refractivity contribution is -0.143. The Labute approximate surface area is 220 Å². The van der Waals surface area contributed by atoms with E-state index in [1.807, 2.05) is 72.8 Å². The average Bonchev–Trinajstić information content (AvgIpc) is 2.89.